The first-order valence-corrected chi connectivity index (χ1v) is 5.45. The van der Waals surface area contributed by atoms with E-state index in [2.05, 4.69) is 10.6 Å². The van der Waals surface area contributed by atoms with Crippen molar-refractivity contribution in [1.82, 2.24) is 4.57 Å². The smallest absolute Gasteiger partial charge is 0.0998 e. The quantitative estimate of drug-likeness (QED) is 0.614. The molecule has 0 radical (unpaired) electrons. The van der Waals surface area contributed by atoms with Crippen molar-refractivity contribution in [1.29, 1.82) is 5.26 Å². The second-order valence-electron chi connectivity index (χ2n) is 3.88. The van der Waals surface area contributed by atoms with Crippen molar-refractivity contribution in [3.63, 3.8) is 0 Å². The van der Waals surface area contributed by atoms with Crippen LogP contribution in [0.3, 0.4) is 0 Å². The van der Waals surface area contributed by atoms with Crippen LogP contribution in [0.4, 0.5) is 0 Å². The van der Waals surface area contributed by atoms with Gasteiger partial charge in [0.15, 0.2) is 0 Å². The van der Waals surface area contributed by atoms with Gasteiger partial charge in [0.1, 0.15) is 0 Å². The Hall–Kier alpha value is -2.53. The number of benzene rings is 2. The summed E-state index contributed by atoms with van der Waals surface area (Å²) in [5.74, 6) is 0. The molecule has 2 nitrogen and oxygen atoms in total. The van der Waals surface area contributed by atoms with E-state index in [4.69, 9.17) is 5.26 Å². The predicted octanol–water partition coefficient (Wildman–Crippen LogP) is 3.50. The highest BCUT2D eigenvalue weighted by molar-refractivity contribution is 5.94. The minimum atomic E-state index is 0.719. The van der Waals surface area contributed by atoms with Crippen LogP contribution in [0.1, 0.15) is 5.56 Å². The highest BCUT2D eigenvalue weighted by Crippen LogP contribution is 2.25. The van der Waals surface area contributed by atoms with Gasteiger partial charge in [0, 0.05) is 23.2 Å². The summed E-state index contributed by atoms with van der Waals surface area (Å²) in [6.45, 7) is 0. The maximum absolute atomic E-state index is 9.10. The zero-order chi connectivity index (χ0) is 11.7. The summed E-state index contributed by atoms with van der Waals surface area (Å²) < 4.78 is 2.06. The molecule has 0 unspecified atom stereocenters. The highest BCUT2D eigenvalue weighted by Gasteiger charge is 2.05. The van der Waals surface area contributed by atoms with Crippen LogP contribution in [0.15, 0.2) is 60.9 Å². The molecular weight excluding hydrogens is 208 g/mol. The van der Waals surface area contributed by atoms with Crippen molar-refractivity contribution in [2.24, 2.45) is 0 Å². The Morgan fingerprint density at radius 3 is 2.24 bits per heavy atom. The first-order chi connectivity index (χ1) is 8.40. The molecule has 0 spiro atoms. The van der Waals surface area contributed by atoms with E-state index in [1.54, 1.807) is 0 Å². The summed E-state index contributed by atoms with van der Waals surface area (Å²) in [6, 6.07) is 18.1. The molecule has 1 aromatic heterocycles. The normalized spacial score (nSPS) is 10.3. The average molecular weight is 218 g/mol. The molecule has 1 heterocycles. The first kappa shape index (κ1) is 9.68. The third-order valence-corrected chi connectivity index (χ3v) is 2.90. The third-order valence-electron chi connectivity index (χ3n) is 2.90. The van der Waals surface area contributed by atoms with Gasteiger partial charge in [-0.15, -0.1) is 0 Å². The number of rotatable bonds is 1. The lowest BCUT2D eigenvalue weighted by Gasteiger charge is -2.08. The van der Waals surface area contributed by atoms with Gasteiger partial charge in [-0.05, 0) is 24.3 Å². The first-order valence-electron chi connectivity index (χ1n) is 5.45. The van der Waals surface area contributed by atoms with Gasteiger partial charge in [-0.3, -0.25) is 0 Å². The van der Waals surface area contributed by atoms with Gasteiger partial charge in [0.25, 0.3) is 0 Å². The third kappa shape index (κ3) is 1.49. The zero-order valence-electron chi connectivity index (χ0n) is 9.17. The van der Waals surface area contributed by atoms with Gasteiger partial charge in [-0.25, -0.2) is 0 Å². The minimum absolute atomic E-state index is 0.719. The Morgan fingerprint density at radius 1 is 0.824 bits per heavy atom. The van der Waals surface area contributed by atoms with Crippen LogP contribution in [0.2, 0.25) is 0 Å². The van der Waals surface area contributed by atoms with E-state index < -0.39 is 0 Å². The maximum Gasteiger partial charge on any atom is 0.0998 e. The van der Waals surface area contributed by atoms with Gasteiger partial charge >= 0.3 is 0 Å². The van der Waals surface area contributed by atoms with Crippen LogP contribution in [-0.4, -0.2) is 4.57 Å². The fourth-order valence-electron chi connectivity index (χ4n) is 2.10. The van der Waals surface area contributed by atoms with E-state index in [1.807, 2.05) is 60.9 Å². The monoisotopic (exact) mass is 218 g/mol. The topological polar surface area (TPSA) is 28.7 Å². The number of nitriles is 1. The lowest BCUT2D eigenvalue weighted by atomic mass is 10.0. The molecule has 0 aliphatic rings. The second-order valence-corrected chi connectivity index (χ2v) is 3.88. The van der Waals surface area contributed by atoms with Crippen LogP contribution < -0.4 is 0 Å². The molecule has 80 valence electrons. The largest absolute Gasteiger partial charge is 0.323 e. The van der Waals surface area contributed by atoms with E-state index in [-0.39, 0.29) is 0 Å². The summed E-state index contributed by atoms with van der Waals surface area (Å²) in [7, 11) is 0. The molecule has 3 rings (SSSR count). The van der Waals surface area contributed by atoms with E-state index in [0.717, 1.165) is 22.0 Å². The Kier molecular flexibility index (Phi) is 2.16. The van der Waals surface area contributed by atoms with E-state index in [9.17, 15) is 0 Å². The molecule has 0 aliphatic carbocycles. The standard InChI is InChI=1S/C15H10N2/c16-11-12-7-8-15(17-9-3-4-10-17)14-6-2-1-5-13(12)14/h1-10H. The Balaban J connectivity index is 2.40. The molecule has 0 atom stereocenters. The van der Waals surface area contributed by atoms with E-state index >= 15 is 0 Å². The molecular formula is C15H10N2. The lowest BCUT2D eigenvalue weighted by molar-refractivity contribution is 1.09. The maximum atomic E-state index is 9.10. The Bertz CT molecular complexity index is 703. The summed E-state index contributed by atoms with van der Waals surface area (Å²) in [4.78, 5) is 0. The summed E-state index contributed by atoms with van der Waals surface area (Å²) >= 11 is 0. The molecule has 0 N–H and O–H groups in total. The second kappa shape index (κ2) is 3.80. The van der Waals surface area contributed by atoms with Gasteiger partial charge in [0.05, 0.1) is 17.3 Å². The van der Waals surface area contributed by atoms with Crippen molar-refractivity contribution in [3.05, 3.63) is 66.5 Å². The molecule has 2 heteroatoms. The molecule has 0 saturated carbocycles. The number of hydrogen-bond donors (Lipinski definition) is 0. The van der Waals surface area contributed by atoms with Gasteiger partial charge in [-0.1, -0.05) is 24.3 Å². The summed E-state index contributed by atoms with van der Waals surface area (Å²) in [6.07, 6.45) is 4.02. The summed E-state index contributed by atoms with van der Waals surface area (Å²) in [5.41, 5.74) is 1.82. The SMILES string of the molecule is N#Cc1ccc(-n2cccc2)c2ccccc12. The van der Waals surface area contributed by atoms with Gasteiger partial charge in [0.2, 0.25) is 0 Å². The fraction of sp³-hybridized carbons (Fsp3) is 0. The molecule has 0 bridgehead atoms. The molecule has 0 amide bonds. The number of fused-ring (bicyclic) bond motifs is 1. The van der Waals surface area contributed by atoms with Crippen molar-refractivity contribution in [2.75, 3.05) is 0 Å². The molecule has 0 aliphatic heterocycles. The number of hydrogen-bond acceptors (Lipinski definition) is 1. The van der Waals surface area contributed by atoms with Crippen molar-refractivity contribution < 1.29 is 0 Å². The van der Waals surface area contributed by atoms with Crippen LogP contribution in [0, 0.1) is 11.3 Å². The van der Waals surface area contributed by atoms with Crippen LogP contribution in [-0.2, 0) is 0 Å². The number of aromatic nitrogens is 1. The zero-order valence-corrected chi connectivity index (χ0v) is 9.17. The minimum Gasteiger partial charge on any atom is -0.323 e. The molecule has 0 saturated heterocycles. The van der Waals surface area contributed by atoms with Crippen LogP contribution in [0.5, 0.6) is 0 Å². The van der Waals surface area contributed by atoms with Crippen molar-refractivity contribution in [3.8, 4) is 11.8 Å². The lowest BCUT2D eigenvalue weighted by Crippen LogP contribution is -1.92. The van der Waals surface area contributed by atoms with Crippen molar-refractivity contribution >= 4 is 10.8 Å². The Morgan fingerprint density at radius 2 is 1.53 bits per heavy atom. The average Bonchev–Trinajstić information content (AvgIpc) is 2.91. The van der Waals surface area contributed by atoms with Crippen molar-refractivity contribution in [2.45, 2.75) is 0 Å². The number of nitrogens with zero attached hydrogens (tertiary/aromatic N) is 2. The summed E-state index contributed by atoms with van der Waals surface area (Å²) in [5, 5.41) is 11.2. The fourth-order valence-corrected chi connectivity index (χ4v) is 2.10. The highest BCUT2D eigenvalue weighted by atomic mass is 14.9. The molecule has 0 fully saturated rings. The van der Waals surface area contributed by atoms with E-state index in [0.29, 0.717) is 0 Å². The van der Waals surface area contributed by atoms with Gasteiger partial charge in [-0.2, -0.15) is 5.26 Å². The Labute approximate surface area is 99.3 Å². The van der Waals surface area contributed by atoms with Crippen LogP contribution >= 0.6 is 0 Å². The molecule has 17 heavy (non-hydrogen) atoms. The van der Waals surface area contributed by atoms with E-state index in [1.165, 1.54) is 0 Å². The molecule has 2 aromatic carbocycles. The molecule has 3 aromatic rings. The van der Waals surface area contributed by atoms with Crippen LogP contribution in [0.25, 0.3) is 16.5 Å². The van der Waals surface area contributed by atoms with Gasteiger partial charge < -0.3 is 4.57 Å². The predicted molar refractivity (Wildman–Crippen MR) is 68.0 cm³/mol.